The largest absolute Gasteiger partial charge is 0.417 e. The van der Waals surface area contributed by atoms with Gasteiger partial charge in [0.05, 0.1) is 6.21 Å². The van der Waals surface area contributed by atoms with Crippen LogP contribution in [0.5, 0.6) is 0 Å². The lowest BCUT2D eigenvalue weighted by Crippen LogP contribution is -1.91. The summed E-state index contributed by atoms with van der Waals surface area (Å²) < 4.78 is 5.61. The van der Waals surface area contributed by atoms with Crippen LogP contribution in [0.1, 0.15) is 16.8 Å². The monoisotopic (exact) mass is 336 g/mol. The van der Waals surface area contributed by atoms with E-state index in [-0.39, 0.29) is 11.6 Å². The van der Waals surface area contributed by atoms with Crippen LogP contribution in [0.3, 0.4) is 0 Å². The summed E-state index contributed by atoms with van der Waals surface area (Å²) in [7, 11) is 0. The highest BCUT2D eigenvalue weighted by Crippen LogP contribution is 2.25. The fourth-order valence-corrected chi connectivity index (χ4v) is 2.13. The molecule has 0 aliphatic carbocycles. The Kier molecular flexibility index (Phi) is 4.59. The second-order valence-electron chi connectivity index (χ2n) is 5.10. The second kappa shape index (κ2) is 6.99. The molecule has 0 spiro atoms. The van der Waals surface area contributed by atoms with Gasteiger partial charge in [-0.25, -0.2) is 5.43 Å². The lowest BCUT2D eigenvalue weighted by Gasteiger charge is -1.97. The Morgan fingerprint density at radius 2 is 1.88 bits per heavy atom. The molecule has 0 unspecified atom stereocenters. The average Bonchev–Trinajstić information content (AvgIpc) is 3.00. The van der Waals surface area contributed by atoms with Crippen molar-refractivity contribution in [3.63, 3.8) is 0 Å². The summed E-state index contributed by atoms with van der Waals surface area (Å²) in [6.07, 6.45) is 1.60. The fraction of sp³-hybridized carbons (Fsp3) is 0.0556. The molecule has 24 heavy (non-hydrogen) atoms. The van der Waals surface area contributed by atoms with Crippen molar-refractivity contribution >= 4 is 23.7 Å². The van der Waals surface area contributed by atoms with Gasteiger partial charge < -0.3 is 4.42 Å². The van der Waals surface area contributed by atoms with E-state index < -0.39 is 0 Å². The molecule has 5 nitrogen and oxygen atoms in total. The maximum atomic E-state index is 9.19. The van der Waals surface area contributed by atoms with Crippen LogP contribution >= 0.6 is 11.6 Å². The number of benzene rings is 2. The van der Waals surface area contributed by atoms with Gasteiger partial charge in [0.2, 0.25) is 11.6 Å². The molecule has 0 radical (unpaired) electrons. The number of halogens is 1. The molecule has 118 valence electrons. The molecule has 0 aliphatic heterocycles. The van der Waals surface area contributed by atoms with Crippen molar-refractivity contribution in [1.82, 2.24) is 4.98 Å². The highest BCUT2D eigenvalue weighted by Gasteiger charge is 2.13. The third kappa shape index (κ3) is 3.62. The maximum Gasteiger partial charge on any atom is 0.252 e. The number of rotatable bonds is 4. The average molecular weight is 337 g/mol. The summed E-state index contributed by atoms with van der Waals surface area (Å²) in [4.78, 5) is 4.18. The fourth-order valence-electron chi connectivity index (χ4n) is 2.01. The molecule has 0 atom stereocenters. The molecule has 6 heteroatoms. The minimum absolute atomic E-state index is 0.152. The van der Waals surface area contributed by atoms with Gasteiger partial charge in [-0.1, -0.05) is 41.4 Å². The molecule has 1 aromatic heterocycles. The van der Waals surface area contributed by atoms with Crippen LogP contribution in [0.2, 0.25) is 5.02 Å². The van der Waals surface area contributed by atoms with Gasteiger partial charge in [-0.05, 0) is 36.8 Å². The highest BCUT2D eigenvalue weighted by atomic mass is 35.5. The normalized spacial score (nSPS) is 10.7. The molecule has 1 heterocycles. The van der Waals surface area contributed by atoms with E-state index in [4.69, 9.17) is 16.0 Å². The molecule has 0 amide bonds. The molecule has 0 saturated carbocycles. The molecule has 0 saturated heterocycles. The first kappa shape index (κ1) is 15.8. The van der Waals surface area contributed by atoms with E-state index in [1.54, 1.807) is 18.3 Å². The number of nitrogens with zero attached hydrogens (tertiary/aromatic N) is 3. The van der Waals surface area contributed by atoms with Crippen molar-refractivity contribution in [3.05, 3.63) is 70.4 Å². The Bertz CT molecular complexity index is 906. The van der Waals surface area contributed by atoms with Crippen LogP contribution in [0.4, 0.5) is 5.88 Å². The third-order valence-corrected chi connectivity index (χ3v) is 3.53. The first-order chi connectivity index (χ1) is 11.7. The van der Waals surface area contributed by atoms with Gasteiger partial charge in [0, 0.05) is 10.6 Å². The summed E-state index contributed by atoms with van der Waals surface area (Å²) in [5.41, 5.74) is 5.66. The Labute approximate surface area is 144 Å². The Morgan fingerprint density at radius 1 is 1.17 bits per heavy atom. The molecule has 1 N–H and O–H groups in total. The Hall–Kier alpha value is -3.10. The lowest BCUT2D eigenvalue weighted by molar-refractivity contribution is 0.587. The van der Waals surface area contributed by atoms with E-state index in [9.17, 15) is 5.26 Å². The van der Waals surface area contributed by atoms with E-state index in [0.717, 1.165) is 16.7 Å². The SMILES string of the molecule is Cc1ccc(-c2nc(C#N)c(N/N=C/c3ccc(Cl)cc3)o2)cc1. The Morgan fingerprint density at radius 3 is 2.54 bits per heavy atom. The molecular formula is C18H13ClN4O. The number of hydrazone groups is 1. The van der Waals surface area contributed by atoms with E-state index in [0.29, 0.717) is 10.9 Å². The van der Waals surface area contributed by atoms with E-state index in [1.807, 2.05) is 49.4 Å². The minimum atomic E-state index is 0.152. The number of aryl methyl sites for hydroxylation is 1. The topological polar surface area (TPSA) is 74.2 Å². The van der Waals surface area contributed by atoms with Gasteiger partial charge in [-0.15, -0.1) is 0 Å². The van der Waals surface area contributed by atoms with Gasteiger partial charge >= 0.3 is 0 Å². The van der Waals surface area contributed by atoms with Gasteiger partial charge in [0.15, 0.2) is 0 Å². The summed E-state index contributed by atoms with van der Waals surface area (Å²) in [5, 5.41) is 13.9. The zero-order valence-electron chi connectivity index (χ0n) is 12.8. The van der Waals surface area contributed by atoms with Crippen molar-refractivity contribution in [2.45, 2.75) is 6.92 Å². The number of oxazole rings is 1. The van der Waals surface area contributed by atoms with E-state index in [2.05, 4.69) is 15.5 Å². The number of nitriles is 1. The van der Waals surface area contributed by atoms with Crippen LogP contribution in [0.25, 0.3) is 11.5 Å². The molecule has 0 fully saturated rings. The number of nitrogens with one attached hydrogen (secondary N) is 1. The predicted molar refractivity (Wildman–Crippen MR) is 94.1 cm³/mol. The van der Waals surface area contributed by atoms with Crippen LogP contribution in [-0.4, -0.2) is 11.2 Å². The van der Waals surface area contributed by atoms with Crippen LogP contribution in [0, 0.1) is 18.3 Å². The standard InChI is InChI=1S/C18H13ClN4O/c1-12-2-6-14(7-3-12)17-22-16(10-20)18(24-17)23-21-11-13-4-8-15(19)9-5-13/h2-9,11,23H,1H3/b21-11+. The summed E-state index contributed by atoms with van der Waals surface area (Å²) in [6.45, 7) is 2.00. The molecular weight excluding hydrogens is 324 g/mol. The summed E-state index contributed by atoms with van der Waals surface area (Å²) in [5.74, 6) is 0.578. The molecule has 3 aromatic rings. The molecule has 2 aromatic carbocycles. The quantitative estimate of drug-likeness (QED) is 0.557. The third-order valence-electron chi connectivity index (χ3n) is 3.28. The van der Waals surface area contributed by atoms with Gasteiger partial charge in [-0.2, -0.15) is 15.3 Å². The number of hydrogen-bond acceptors (Lipinski definition) is 5. The Balaban J connectivity index is 1.79. The smallest absolute Gasteiger partial charge is 0.252 e. The minimum Gasteiger partial charge on any atom is -0.417 e. The molecule has 0 bridgehead atoms. The zero-order valence-corrected chi connectivity index (χ0v) is 13.6. The van der Waals surface area contributed by atoms with Crippen LogP contribution in [0.15, 0.2) is 58.0 Å². The van der Waals surface area contributed by atoms with E-state index >= 15 is 0 Å². The second-order valence-corrected chi connectivity index (χ2v) is 5.53. The predicted octanol–water partition coefficient (Wildman–Crippen LogP) is 4.62. The van der Waals surface area contributed by atoms with Crippen molar-refractivity contribution < 1.29 is 4.42 Å². The molecule has 0 aliphatic rings. The van der Waals surface area contributed by atoms with Gasteiger partial charge in [-0.3, -0.25) is 0 Å². The summed E-state index contributed by atoms with van der Waals surface area (Å²) >= 11 is 5.83. The van der Waals surface area contributed by atoms with Gasteiger partial charge in [0.25, 0.3) is 5.88 Å². The van der Waals surface area contributed by atoms with Crippen molar-refractivity contribution in [2.75, 3.05) is 5.43 Å². The first-order valence-electron chi connectivity index (χ1n) is 7.18. The highest BCUT2D eigenvalue weighted by molar-refractivity contribution is 6.30. The van der Waals surface area contributed by atoms with E-state index in [1.165, 1.54) is 0 Å². The summed E-state index contributed by atoms with van der Waals surface area (Å²) in [6, 6.07) is 16.9. The van der Waals surface area contributed by atoms with Crippen molar-refractivity contribution in [3.8, 4) is 17.5 Å². The zero-order chi connectivity index (χ0) is 16.9. The number of anilines is 1. The molecule has 3 rings (SSSR count). The van der Waals surface area contributed by atoms with Crippen LogP contribution in [-0.2, 0) is 0 Å². The maximum absolute atomic E-state index is 9.19. The van der Waals surface area contributed by atoms with Gasteiger partial charge in [0.1, 0.15) is 6.07 Å². The number of aromatic nitrogens is 1. The first-order valence-corrected chi connectivity index (χ1v) is 7.56. The lowest BCUT2D eigenvalue weighted by atomic mass is 10.1. The van der Waals surface area contributed by atoms with Crippen LogP contribution < -0.4 is 5.43 Å². The van der Waals surface area contributed by atoms with Crippen molar-refractivity contribution in [2.24, 2.45) is 5.10 Å². The van der Waals surface area contributed by atoms with Crippen molar-refractivity contribution in [1.29, 1.82) is 5.26 Å². The number of hydrogen-bond donors (Lipinski definition) is 1.